The van der Waals surface area contributed by atoms with Crippen LogP contribution in [0.15, 0.2) is 82.3 Å². The van der Waals surface area contributed by atoms with Gasteiger partial charge >= 0.3 is 0 Å². The van der Waals surface area contributed by atoms with Crippen LogP contribution in [-0.2, 0) is 9.73 Å². The average molecular weight is 390 g/mol. The second-order valence-electron chi connectivity index (χ2n) is 5.95. The van der Waals surface area contributed by atoms with Gasteiger partial charge in [-0.3, -0.25) is 9.78 Å². The predicted octanol–water partition coefficient (Wildman–Crippen LogP) is 3.79. The van der Waals surface area contributed by atoms with Gasteiger partial charge in [0.25, 0.3) is 5.91 Å². The highest BCUT2D eigenvalue weighted by atomic mass is 32.2. The maximum absolute atomic E-state index is 12.9. The van der Waals surface area contributed by atoms with E-state index < -0.39 is 15.6 Å². The van der Waals surface area contributed by atoms with E-state index in [1.807, 2.05) is 30.3 Å². The van der Waals surface area contributed by atoms with Crippen LogP contribution in [0.25, 0.3) is 0 Å². The van der Waals surface area contributed by atoms with Crippen molar-refractivity contribution in [2.75, 3.05) is 13.4 Å². The summed E-state index contributed by atoms with van der Waals surface area (Å²) in [5, 5.41) is 0. The molecule has 3 aromatic rings. The molecule has 1 atom stereocenters. The second kappa shape index (κ2) is 8.51. The molecule has 0 N–H and O–H groups in total. The molecule has 0 bridgehead atoms. The third-order valence-corrected chi connectivity index (χ3v) is 5.53. The maximum Gasteiger partial charge on any atom is 0.286 e. The number of benzene rings is 2. The average Bonchev–Trinajstić information content (AvgIpc) is 2.73. The zero-order valence-corrected chi connectivity index (χ0v) is 16.3. The minimum absolute atomic E-state index is 0.239. The molecule has 0 fully saturated rings. The van der Waals surface area contributed by atoms with Crippen LogP contribution in [0.3, 0.4) is 0 Å². The summed E-state index contributed by atoms with van der Waals surface area (Å²) in [6, 6.07) is 17.7. The molecule has 0 aliphatic carbocycles. The molecule has 0 aliphatic heterocycles. The molecule has 0 spiro atoms. The Morgan fingerprint density at radius 1 is 1.00 bits per heavy atom. The number of hydrogen-bond acceptors (Lipinski definition) is 4. The Balaban J connectivity index is 1.87. The number of aromatic nitrogens is 1. The quantitative estimate of drug-likeness (QED) is 0.638. The van der Waals surface area contributed by atoms with Crippen molar-refractivity contribution in [3.8, 4) is 17.6 Å². The van der Waals surface area contributed by atoms with Crippen LogP contribution < -0.4 is 4.74 Å². The lowest BCUT2D eigenvalue weighted by Crippen LogP contribution is -2.04. The molecule has 1 aromatic heterocycles. The molecule has 28 heavy (non-hydrogen) atoms. The number of ether oxygens (including phenoxy) is 1. The minimum Gasteiger partial charge on any atom is -0.497 e. The van der Waals surface area contributed by atoms with Gasteiger partial charge in [-0.05, 0) is 42.5 Å². The van der Waals surface area contributed by atoms with E-state index in [0.29, 0.717) is 16.2 Å². The standard InChI is InChI=1S/C22H18N2O3S/c1-27-20-10-12-21(13-11-20)28(2,26)24-22(25)19-14-18(15-23-16-19)9-8-17-6-4-3-5-7-17/h3-7,10-16H,1-2H3. The lowest BCUT2D eigenvalue weighted by atomic mass is 10.2. The van der Waals surface area contributed by atoms with Crippen LogP contribution in [0.4, 0.5) is 0 Å². The van der Waals surface area contributed by atoms with Gasteiger partial charge in [-0.2, -0.15) is 4.36 Å². The molecule has 6 heteroatoms. The van der Waals surface area contributed by atoms with E-state index in [0.717, 1.165) is 5.56 Å². The van der Waals surface area contributed by atoms with Gasteiger partial charge in [-0.25, -0.2) is 4.21 Å². The van der Waals surface area contributed by atoms with E-state index in [4.69, 9.17) is 4.74 Å². The summed E-state index contributed by atoms with van der Waals surface area (Å²) < 4.78 is 21.9. The smallest absolute Gasteiger partial charge is 0.286 e. The molecule has 0 radical (unpaired) electrons. The molecule has 1 unspecified atom stereocenters. The lowest BCUT2D eigenvalue weighted by Gasteiger charge is -2.05. The van der Waals surface area contributed by atoms with Crippen LogP contribution in [0.2, 0.25) is 0 Å². The van der Waals surface area contributed by atoms with E-state index in [1.54, 1.807) is 43.6 Å². The first-order valence-corrected chi connectivity index (χ1v) is 10.3. The molecule has 140 valence electrons. The van der Waals surface area contributed by atoms with Crippen molar-refractivity contribution >= 4 is 15.6 Å². The van der Waals surface area contributed by atoms with E-state index in [-0.39, 0.29) is 5.56 Å². The normalized spacial score (nSPS) is 12.2. The highest BCUT2D eigenvalue weighted by molar-refractivity contribution is 7.93. The molecule has 5 nitrogen and oxygen atoms in total. The first-order chi connectivity index (χ1) is 13.5. The van der Waals surface area contributed by atoms with Crippen molar-refractivity contribution in [1.29, 1.82) is 0 Å². The molecule has 1 heterocycles. The molecule has 3 rings (SSSR count). The van der Waals surface area contributed by atoms with Gasteiger partial charge in [0, 0.05) is 34.7 Å². The topological polar surface area (TPSA) is 68.6 Å². The minimum atomic E-state index is -2.89. The second-order valence-corrected chi connectivity index (χ2v) is 8.21. The lowest BCUT2D eigenvalue weighted by molar-refractivity contribution is 0.100. The summed E-state index contributed by atoms with van der Waals surface area (Å²) in [4.78, 5) is 17.0. The maximum atomic E-state index is 12.9. The summed E-state index contributed by atoms with van der Waals surface area (Å²) in [6.45, 7) is 0. The van der Waals surface area contributed by atoms with Crippen molar-refractivity contribution in [2.24, 2.45) is 4.36 Å². The summed E-state index contributed by atoms with van der Waals surface area (Å²) in [7, 11) is -1.35. The van der Waals surface area contributed by atoms with E-state index in [2.05, 4.69) is 21.2 Å². The number of rotatable bonds is 3. The number of methoxy groups -OCH3 is 1. The number of carbonyl (C=O) groups is 1. The molecule has 2 aromatic carbocycles. The molecular weight excluding hydrogens is 372 g/mol. The van der Waals surface area contributed by atoms with Gasteiger partial charge in [-0.15, -0.1) is 0 Å². The van der Waals surface area contributed by atoms with Crippen molar-refractivity contribution in [2.45, 2.75) is 4.90 Å². The number of carbonyl (C=O) groups excluding carboxylic acids is 1. The first kappa shape index (κ1) is 19.3. The summed E-state index contributed by atoms with van der Waals surface area (Å²) in [5.41, 5.74) is 1.68. The SMILES string of the molecule is COc1ccc(S(C)(=O)=NC(=O)c2cncc(C#Cc3ccccc3)c2)cc1. The predicted molar refractivity (Wildman–Crippen MR) is 109 cm³/mol. The fraction of sp³-hybridized carbons (Fsp3) is 0.0909. The largest absolute Gasteiger partial charge is 0.497 e. The van der Waals surface area contributed by atoms with Gasteiger partial charge < -0.3 is 4.74 Å². The molecule has 0 aliphatic rings. The van der Waals surface area contributed by atoms with Crippen LogP contribution in [-0.4, -0.2) is 28.5 Å². The monoisotopic (exact) mass is 390 g/mol. The zero-order chi connectivity index (χ0) is 20.0. The van der Waals surface area contributed by atoms with Crippen LogP contribution in [0, 0.1) is 11.8 Å². The highest BCUT2D eigenvalue weighted by Crippen LogP contribution is 2.18. The van der Waals surface area contributed by atoms with Crippen molar-refractivity contribution < 1.29 is 13.7 Å². The van der Waals surface area contributed by atoms with E-state index >= 15 is 0 Å². The van der Waals surface area contributed by atoms with Crippen molar-refractivity contribution in [3.05, 3.63) is 89.7 Å². The third-order valence-electron chi connectivity index (χ3n) is 3.86. The number of hydrogen-bond donors (Lipinski definition) is 0. The van der Waals surface area contributed by atoms with Crippen LogP contribution in [0.1, 0.15) is 21.5 Å². The van der Waals surface area contributed by atoms with Gasteiger partial charge in [0.1, 0.15) is 5.75 Å². The van der Waals surface area contributed by atoms with E-state index in [9.17, 15) is 9.00 Å². The van der Waals surface area contributed by atoms with Crippen molar-refractivity contribution in [3.63, 3.8) is 0 Å². The summed E-state index contributed by atoms with van der Waals surface area (Å²) in [5.74, 6) is 6.02. The summed E-state index contributed by atoms with van der Waals surface area (Å²) in [6.07, 6.45) is 4.39. The fourth-order valence-electron chi connectivity index (χ4n) is 2.38. The van der Waals surface area contributed by atoms with Gasteiger partial charge in [0.15, 0.2) is 0 Å². The molecule has 1 amide bonds. The molecule has 0 saturated heterocycles. The Morgan fingerprint density at radius 2 is 1.68 bits per heavy atom. The number of pyridine rings is 1. The highest BCUT2D eigenvalue weighted by Gasteiger charge is 2.12. The molecule has 0 saturated carbocycles. The van der Waals surface area contributed by atoms with Gasteiger partial charge in [0.05, 0.1) is 22.4 Å². The van der Waals surface area contributed by atoms with Crippen LogP contribution in [0.5, 0.6) is 5.75 Å². The van der Waals surface area contributed by atoms with Crippen molar-refractivity contribution in [1.82, 2.24) is 4.98 Å². The Bertz CT molecular complexity index is 1170. The Labute approximate surface area is 164 Å². The fourth-order valence-corrected chi connectivity index (χ4v) is 3.55. The first-order valence-electron chi connectivity index (χ1n) is 8.40. The Kier molecular flexibility index (Phi) is 5.87. The Hall–Kier alpha value is -3.43. The third kappa shape index (κ3) is 4.84. The molecular formula is C22H18N2O3S. The van der Waals surface area contributed by atoms with E-state index in [1.165, 1.54) is 12.5 Å². The van der Waals surface area contributed by atoms with Crippen LogP contribution >= 0.6 is 0 Å². The zero-order valence-electron chi connectivity index (χ0n) is 15.5. The summed E-state index contributed by atoms with van der Waals surface area (Å²) >= 11 is 0. The van der Waals surface area contributed by atoms with Gasteiger partial charge in [-0.1, -0.05) is 30.0 Å². The number of amides is 1. The Morgan fingerprint density at radius 3 is 2.36 bits per heavy atom. The van der Waals surface area contributed by atoms with Gasteiger partial charge in [0.2, 0.25) is 0 Å². The number of nitrogens with zero attached hydrogens (tertiary/aromatic N) is 2.